The number of furan rings is 1. The third-order valence-electron chi connectivity index (χ3n) is 3.96. The predicted molar refractivity (Wildman–Crippen MR) is 76.2 cm³/mol. The van der Waals surface area contributed by atoms with Crippen molar-refractivity contribution in [1.82, 2.24) is 5.32 Å². The standard InChI is InChI=1S/C16H20FNO2/c1-18-14(10-13-4-2-3-7-19-13)16-9-11-8-12(17)5-6-15(11)20-16/h5-6,8-9,13-14,18H,2-4,7,10H2,1H3. The van der Waals surface area contributed by atoms with Crippen molar-refractivity contribution in [2.75, 3.05) is 13.7 Å². The summed E-state index contributed by atoms with van der Waals surface area (Å²) < 4.78 is 24.8. The van der Waals surface area contributed by atoms with Gasteiger partial charge in [0.15, 0.2) is 0 Å². The van der Waals surface area contributed by atoms with Crippen molar-refractivity contribution >= 4 is 11.0 Å². The molecule has 1 aliphatic heterocycles. The summed E-state index contributed by atoms with van der Waals surface area (Å²) in [6.45, 7) is 0.854. The molecule has 3 rings (SSSR count). The van der Waals surface area contributed by atoms with E-state index in [4.69, 9.17) is 9.15 Å². The van der Waals surface area contributed by atoms with Gasteiger partial charge in [0.2, 0.25) is 0 Å². The van der Waals surface area contributed by atoms with Crippen LogP contribution in [0.1, 0.15) is 37.5 Å². The Morgan fingerprint density at radius 2 is 2.25 bits per heavy atom. The van der Waals surface area contributed by atoms with Crippen LogP contribution in [0.5, 0.6) is 0 Å². The Balaban J connectivity index is 1.79. The molecular weight excluding hydrogens is 257 g/mol. The summed E-state index contributed by atoms with van der Waals surface area (Å²) in [6.07, 6.45) is 4.66. The number of benzene rings is 1. The van der Waals surface area contributed by atoms with E-state index in [1.165, 1.54) is 18.6 Å². The van der Waals surface area contributed by atoms with Gasteiger partial charge in [0.25, 0.3) is 0 Å². The lowest BCUT2D eigenvalue weighted by atomic mass is 10.0. The van der Waals surface area contributed by atoms with Crippen LogP contribution in [0, 0.1) is 5.82 Å². The van der Waals surface area contributed by atoms with Crippen LogP contribution in [-0.2, 0) is 4.74 Å². The van der Waals surface area contributed by atoms with Gasteiger partial charge in [-0.15, -0.1) is 0 Å². The number of nitrogens with one attached hydrogen (secondary N) is 1. The third kappa shape index (κ3) is 2.86. The Labute approximate surface area is 118 Å². The van der Waals surface area contributed by atoms with Crippen LogP contribution >= 0.6 is 0 Å². The molecule has 0 saturated carbocycles. The number of hydrogen-bond acceptors (Lipinski definition) is 3. The Hall–Kier alpha value is -1.39. The van der Waals surface area contributed by atoms with Crippen LogP contribution in [0.4, 0.5) is 4.39 Å². The Morgan fingerprint density at radius 1 is 1.35 bits per heavy atom. The van der Waals surface area contributed by atoms with E-state index >= 15 is 0 Å². The van der Waals surface area contributed by atoms with Gasteiger partial charge < -0.3 is 14.5 Å². The SMILES string of the molecule is CNC(CC1CCCCO1)c1cc2cc(F)ccc2o1. The highest BCUT2D eigenvalue weighted by atomic mass is 19.1. The van der Waals surface area contributed by atoms with Gasteiger partial charge in [-0.05, 0) is 57.0 Å². The van der Waals surface area contributed by atoms with Crippen molar-refractivity contribution in [3.8, 4) is 0 Å². The molecule has 2 heterocycles. The highest BCUT2D eigenvalue weighted by Gasteiger charge is 2.22. The van der Waals surface area contributed by atoms with E-state index in [0.717, 1.165) is 42.6 Å². The first-order chi connectivity index (χ1) is 9.76. The molecule has 0 aliphatic carbocycles. The number of hydrogen-bond donors (Lipinski definition) is 1. The molecule has 2 atom stereocenters. The van der Waals surface area contributed by atoms with E-state index in [-0.39, 0.29) is 18.0 Å². The zero-order valence-corrected chi connectivity index (χ0v) is 11.7. The average Bonchev–Trinajstić information content (AvgIpc) is 2.88. The van der Waals surface area contributed by atoms with Gasteiger partial charge in [-0.2, -0.15) is 0 Å². The molecule has 2 aromatic rings. The molecule has 0 bridgehead atoms. The summed E-state index contributed by atoms with van der Waals surface area (Å²) in [6, 6.07) is 6.63. The molecule has 0 radical (unpaired) electrons. The molecule has 1 N–H and O–H groups in total. The second kappa shape index (κ2) is 5.94. The number of ether oxygens (including phenoxy) is 1. The minimum Gasteiger partial charge on any atom is -0.459 e. The zero-order chi connectivity index (χ0) is 13.9. The maximum atomic E-state index is 13.2. The van der Waals surface area contributed by atoms with Gasteiger partial charge in [0.1, 0.15) is 17.2 Å². The Bertz CT molecular complexity index is 575. The largest absolute Gasteiger partial charge is 0.459 e. The van der Waals surface area contributed by atoms with Gasteiger partial charge in [0.05, 0.1) is 12.1 Å². The smallest absolute Gasteiger partial charge is 0.134 e. The van der Waals surface area contributed by atoms with Crippen molar-refractivity contribution in [3.63, 3.8) is 0 Å². The van der Waals surface area contributed by atoms with Crippen LogP contribution in [0.3, 0.4) is 0 Å². The molecule has 1 saturated heterocycles. The van der Waals surface area contributed by atoms with Crippen molar-refractivity contribution < 1.29 is 13.5 Å². The monoisotopic (exact) mass is 277 g/mol. The minimum absolute atomic E-state index is 0.105. The average molecular weight is 277 g/mol. The first kappa shape index (κ1) is 13.6. The van der Waals surface area contributed by atoms with Crippen LogP contribution in [0.15, 0.2) is 28.7 Å². The van der Waals surface area contributed by atoms with Crippen LogP contribution in [0.2, 0.25) is 0 Å². The first-order valence-electron chi connectivity index (χ1n) is 7.24. The fourth-order valence-electron chi connectivity index (χ4n) is 2.84. The molecule has 3 nitrogen and oxygen atoms in total. The molecule has 1 fully saturated rings. The topological polar surface area (TPSA) is 34.4 Å². The second-order valence-electron chi connectivity index (χ2n) is 5.40. The summed E-state index contributed by atoms with van der Waals surface area (Å²) in [5.74, 6) is 0.615. The molecule has 1 aliphatic rings. The van der Waals surface area contributed by atoms with Crippen molar-refractivity contribution in [2.45, 2.75) is 37.8 Å². The lowest BCUT2D eigenvalue weighted by molar-refractivity contribution is 0.00430. The highest BCUT2D eigenvalue weighted by molar-refractivity contribution is 5.78. The number of fused-ring (bicyclic) bond motifs is 1. The number of halogens is 1. The molecule has 0 spiro atoms. The van der Waals surface area contributed by atoms with E-state index in [2.05, 4.69) is 5.32 Å². The van der Waals surface area contributed by atoms with Gasteiger partial charge in [-0.25, -0.2) is 4.39 Å². The fourth-order valence-corrected chi connectivity index (χ4v) is 2.84. The van der Waals surface area contributed by atoms with Crippen molar-refractivity contribution in [3.05, 3.63) is 35.8 Å². The van der Waals surface area contributed by atoms with E-state index in [0.29, 0.717) is 0 Å². The summed E-state index contributed by atoms with van der Waals surface area (Å²) in [4.78, 5) is 0. The molecular formula is C16H20FNO2. The van der Waals surface area contributed by atoms with E-state index in [1.807, 2.05) is 13.1 Å². The molecule has 108 valence electrons. The summed E-state index contributed by atoms with van der Waals surface area (Å²) >= 11 is 0. The van der Waals surface area contributed by atoms with Crippen molar-refractivity contribution in [2.24, 2.45) is 0 Å². The molecule has 1 aromatic heterocycles. The second-order valence-corrected chi connectivity index (χ2v) is 5.40. The summed E-state index contributed by atoms with van der Waals surface area (Å²) in [7, 11) is 1.92. The summed E-state index contributed by atoms with van der Waals surface area (Å²) in [5.41, 5.74) is 0.728. The minimum atomic E-state index is -0.235. The van der Waals surface area contributed by atoms with Gasteiger partial charge in [-0.1, -0.05) is 0 Å². The predicted octanol–water partition coefficient (Wildman–Crippen LogP) is 3.79. The molecule has 0 amide bonds. The summed E-state index contributed by atoms with van der Waals surface area (Å²) in [5, 5.41) is 4.08. The maximum absolute atomic E-state index is 13.2. The molecule has 2 unspecified atom stereocenters. The molecule has 4 heteroatoms. The quantitative estimate of drug-likeness (QED) is 0.923. The van der Waals surface area contributed by atoms with Gasteiger partial charge in [0, 0.05) is 12.0 Å². The lowest BCUT2D eigenvalue weighted by Gasteiger charge is -2.25. The van der Waals surface area contributed by atoms with E-state index < -0.39 is 0 Å². The van der Waals surface area contributed by atoms with Gasteiger partial charge >= 0.3 is 0 Å². The number of rotatable bonds is 4. The normalized spacial score (nSPS) is 21.2. The molecule has 1 aromatic carbocycles. The molecule has 20 heavy (non-hydrogen) atoms. The first-order valence-corrected chi connectivity index (χ1v) is 7.24. The zero-order valence-electron chi connectivity index (χ0n) is 11.7. The lowest BCUT2D eigenvalue weighted by Crippen LogP contribution is -2.26. The third-order valence-corrected chi connectivity index (χ3v) is 3.96. The van der Waals surface area contributed by atoms with Crippen LogP contribution in [0.25, 0.3) is 11.0 Å². The van der Waals surface area contributed by atoms with E-state index in [1.54, 1.807) is 6.07 Å². The van der Waals surface area contributed by atoms with Gasteiger partial charge in [-0.3, -0.25) is 0 Å². The fraction of sp³-hybridized carbons (Fsp3) is 0.500. The van der Waals surface area contributed by atoms with Crippen LogP contribution in [-0.4, -0.2) is 19.8 Å². The van der Waals surface area contributed by atoms with E-state index in [9.17, 15) is 4.39 Å². The van der Waals surface area contributed by atoms with Crippen LogP contribution < -0.4 is 5.32 Å². The Morgan fingerprint density at radius 3 is 3.00 bits per heavy atom. The Kier molecular flexibility index (Phi) is 4.03. The highest BCUT2D eigenvalue weighted by Crippen LogP contribution is 2.29. The maximum Gasteiger partial charge on any atom is 0.134 e. The van der Waals surface area contributed by atoms with Crippen molar-refractivity contribution in [1.29, 1.82) is 0 Å².